The number of nitrogens with one attached hydrogen (secondary N) is 2. The topological polar surface area (TPSA) is 106 Å². The maximum atomic E-state index is 12.7. The number of thiazole rings is 1. The average Bonchev–Trinajstić information content (AvgIpc) is 3.08. The van der Waals surface area contributed by atoms with E-state index in [0.29, 0.717) is 16.6 Å². The van der Waals surface area contributed by atoms with Crippen LogP contribution in [-0.4, -0.2) is 34.7 Å². The number of carbonyl (C=O) groups excluding carboxylic acids is 2. The predicted octanol–water partition coefficient (Wildman–Crippen LogP) is 3.60. The molecule has 2 aromatic carbocycles. The summed E-state index contributed by atoms with van der Waals surface area (Å²) >= 11 is 0.981. The first-order chi connectivity index (χ1) is 14.9. The van der Waals surface area contributed by atoms with Gasteiger partial charge in [0.1, 0.15) is 11.3 Å². The third-order valence-electron chi connectivity index (χ3n) is 4.45. The van der Waals surface area contributed by atoms with Crippen LogP contribution in [0.1, 0.15) is 19.4 Å². The molecule has 0 aliphatic heterocycles. The summed E-state index contributed by atoms with van der Waals surface area (Å²) in [4.78, 5) is 29.4. The zero-order chi connectivity index (χ0) is 23.5. The Labute approximate surface area is 185 Å². The number of rotatable bonds is 7. The second-order valence-electron chi connectivity index (χ2n) is 7.56. The highest BCUT2D eigenvalue weighted by Gasteiger charge is 2.33. The molecule has 0 aliphatic carbocycles. The molecule has 0 fully saturated rings. The Kier molecular flexibility index (Phi) is 6.70. The summed E-state index contributed by atoms with van der Waals surface area (Å²) in [6, 6.07) is 12.1. The lowest BCUT2D eigenvalue weighted by atomic mass is 10.0. The highest BCUT2D eigenvalue weighted by molar-refractivity contribution is 7.22. The van der Waals surface area contributed by atoms with Crippen molar-refractivity contribution in [3.63, 3.8) is 0 Å². The summed E-state index contributed by atoms with van der Waals surface area (Å²) in [6.07, 6.45) is -4.50. The number of nitrogens with zero attached hydrogens (tertiary/aromatic N) is 1. The standard InChI is InChI=1S/C21H21F3N4O3S/c1-20(2,28-17(29)14(25)10-12-6-4-3-5-7-12)18(30)27-19-26-15-9-8-13(11-16(15)32-19)31-21(22,23)24/h3-9,11,14H,10,25H2,1-2H3,(H,28,29)(H,26,27,30)/t14-/m1/s1. The van der Waals surface area contributed by atoms with Crippen molar-refractivity contribution in [2.75, 3.05) is 5.32 Å². The minimum Gasteiger partial charge on any atom is -0.406 e. The van der Waals surface area contributed by atoms with E-state index in [1.165, 1.54) is 26.0 Å². The van der Waals surface area contributed by atoms with Crippen molar-refractivity contribution in [1.29, 1.82) is 0 Å². The molecular weight excluding hydrogens is 445 g/mol. The molecule has 170 valence electrons. The fourth-order valence-electron chi connectivity index (χ4n) is 2.83. The van der Waals surface area contributed by atoms with Crippen molar-refractivity contribution in [1.82, 2.24) is 10.3 Å². The van der Waals surface area contributed by atoms with Crippen LogP contribution in [0.25, 0.3) is 10.2 Å². The third-order valence-corrected chi connectivity index (χ3v) is 5.39. The van der Waals surface area contributed by atoms with Crippen LogP contribution in [0.3, 0.4) is 0 Å². The highest BCUT2D eigenvalue weighted by atomic mass is 32.1. The monoisotopic (exact) mass is 466 g/mol. The maximum absolute atomic E-state index is 12.7. The molecule has 3 rings (SSSR count). The van der Waals surface area contributed by atoms with Crippen molar-refractivity contribution < 1.29 is 27.5 Å². The average molecular weight is 466 g/mol. The normalized spacial score (nSPS) is 12.9. The van der Waals surface area contributed by atoms with E-state index in [4.69, 9.17) is 5.73 Å². The van der Waals surface area contributed by atoms with Crippen molar-refractivity contribution in [3.8, 4) is 5.75 Å². The zero-order valence-corrected chi connectivity index (χ0v) is 18.0. The smallest absolute Gasteiger partial charge is 0.406 e. The summed E-state index contributed by atoms with van der Waals surface area (Å²) < 4.78 is 41.5. The van der Waals surface area contributed by atoms with Gasteiger partial charge in [-0.2, -0.15) is 0 Å². The van der Waals surface area contributed by atoms with E-state index in [-0.39, 0.29) is 10.9 Å². The van der Waals surface area contributed by atoms with Crippen LogP contribution in [0, 0.1) is 0 Å². The number of carbonyl (C=O) groups is 2. The molecule has 1 atom stereocenters. The van der Waals surface area contributed by atoms with Crippen LogP contribution in [0.5, 0.6) is 5.75 Å². The summed E-state index contributed by atoms with van der Waals surface area (Å²) in [5.41, 5.74) is 5.94. The molecule has 4 N–H and O–H groups in total. The van der Waals surface area contributed by atoms with Crippen LogP contribution in [0.2, 0.25) is 0 Å². The van der Waals surface area contributed by atoms with Crippen LogP contribution >= 0.6 is 11.3 Å². The van der Waals surface area contributed by atoms with Gasteiger partial charge in [0.25, 0.3) is 5.91 Å². The van der Waals surface area contributed by atoms with Gasteiger partial charge in [0.05, 0.1) is 16.3 Å². The third kappa shape index (κ3) is 6.17. The first-order valence-electron chi connectivity index (χ1n) is 9.52. The van der Waals surface area contributed by atoms with E-state index in [1.54, 1.807) is 0 Å². The number of anilines is 1. The van der Waals surface area contributed by atoms with Gasteiger partial charge in [0, 0.05) is 6.07 Å². The fourth-order valence-corrected chi connectivity index (χ4v) is 3.72. The highest BCUT2D eigenvalue weighted by Crippen LogP contribution is 2.31. The van der Waals surface area contributed by atoms with Gasteiger partial charge in [-0.1, -0.05) is 41.7 Å². The van der Waals surface area contributed by atoms with E-state index >= 15 is 0 Å². The number of fused-ring (bicyclic) bond motifs is 1. The van der Waals surface area contributed by atoms with Gasteiger partial charge < -0.3 is 15.8 Å². The van der Waals surface area contributed by atoms with Gasteiger partial charge >= 0.3 is 6.36 Å². The molecule has 11 heteroatoms. The molecule has 0 aliphatic rings. The van der Waals surface area contributed by atoms with Crippen LogP contribution < -0.4 is 21.1 Å². The molecular formula is C21H21F3N4O3S. The van der Waals surface area contributed by atoms with Crippen LogP contribution in [0.4, 0.5) is 18.3 Å². The Bertz CT molecular complexity index is 1120. The Morgan fingerprint density at radius 1 is 1.16 bits per heavy atom. The molecule has 0 bridgehead atoms. The Morgan fingerprint density at radius 3 is 2.50 bits per heavy atom. The van der Waals surface area contributed by atoms with E-state index in [1.807, 2.05) is 30.3 Å². The molecule has 0 saturated carbocycles. The van der Waals surface area contributed by atoms with Crippen molar-refractivity contribution in [2.24, 2.45) is 5.73 Å². The zero-order valence-electron chi connectivity index (χ0n) is 17.2. The molecule has 1 aromatic heterocycles. The van der Waals surface area contributed by atoms with Gasteiger partial charge in [-0.25, -0.2) is 4.98 Å². The molecule has 0 unspecified atom stereocenters. The first kappa shape index (κ1) is 23.5. The first-order valence-corrected chi connectivity index (χ1v) is 10.3. The SMILES string of the molecule is CC(C)(NC(=O)[C@H](N)Cc1ccccc1)C(=O)Nc1nc2ccc(OC(F)(F)F)cc2s1. The lowest BCUT2D eigenvalue weighted by molar-refractivity contribution is -0.274. The second kappa shape index (κ2) is 9.13. The molecule has 1 heterocycles. The Balaban J connectivity index is 1.64. The quantitative estimate of drug-likeness (QED) is 0.493. The van der Waals surface area contributed by atoms with Gasteiger partial charge in [-0.15, -0.1) is 13.2 Å². The number of aromatic nitrogens is 1. The second-order valence-corrected chi connectivity index (χ2v) is 8.59. The van der Waals surface area contributed by atoms with Gasteiger partial charge in [0.15, 0.2) is 5.13 Å². The maximum Gasteiger partial charge on any atom is 0.573 e. The Hall–Kier alpha value is -3.18. The van der Waals surface area contributed by atoms with Crippen molar-refractivity contribution >= 4 is 38.5 Å². The lowest BCUT2D eigenvalue weighted by Gasteiger charge is -2.26. The fraction of sp³-hybridized carbons (Fsp3) is 0.286. The van der Waals surface area contributed by atoms with E-state index < -0.39 is 29.8 Å². The molecule has 32 heavy (non-hydrogen) atoms. The molecule has 0 saturated heterocycles. The molecule has 2 amide bonds. The summed E-state index contributed by atoms with van der Waals surface area (Å²) in [7, 11) is 0. The van der Waals surface area contributed by atoms with E-state index in [9.17, 15) is 22.8 Å². The minimum absolute atomic E-state index is 0.171. The van der Waals surface area contributed by atoms with Gasteiger partial charge in [-0.3, -0.25) is 14.9 Å². The largest absolute Gasteiger partial charge is 0.573 e. The molecule has 0 radical (unpaired) electrons. The van der Waals surface area contributed by atoms with E-state index in [2.05, 4.69) is 20.4 Å². The van der Waals surface area contributed by atoms with Gasteiger partial charge in [0.2, 0.25) is 5.91 Å². The molecule has 0 spiro atoms. The molecule has 3 aromatic rings. The van der Waals surface area contributed by atoms with Crippen molar-refractivity contribution in [3.05, 3.63) is 54.1 Å². The number of halogens is 3. The number of hydrogen-bond acceptors (Lipinski definition) is 6. The van der Waals surface area contributed by atoms with Gasteiger partial charge in [-0.05, 0) is 38.0 Å². The minimum atomic E-state index is -4.81. The number of ether oxygens (including phenoxy) is 1. The number of hydrogen-bond donors (Lipinski definition) is 3. The summed E-state index contributed by atoms with van der Waals surface area (Å²) in [5.74, 6) is -1.43. The number of nitrogens with two attached hydrogens (primary N) is 1. The van der Waals surface area contributed by atoms with Crippen molar-refractivity contribution in [2.45, 2.75) is 38.2 Å². The number of amides is 2. The lowest BCUT2D eigenvalue weighted by Crippen LogP contribution is -2.56. The number of alkyl halides is 3. The van der Waals surface area contributed by atoms with E-state index in [0.717, 1.165) is 23.0 Å². The molecule has 7 nitrogen and oxygen atoms in total. The predicted molar refractivity (Wildman–Crippen MR) is 115 cm³/mol. The Morgan fingerprint density at radius 2 is 1.84 bits per heavy atom. The summed E-state index contributed by atoms with van der Waals surface area (Å²) in [6.45, 7) is 3.02. The van der Waals surface area contributed by atoms with Crippen LogP contribution in [0.15, 0.2) is 48.5 Å². The van der Waals surface area contributed by atoms with Crippen LogP contribution in [-0.2, 0) is 16.0 Å². The summed E-state index contributed by atoms with van der Waals surface area (Å²) in [5, 5.41) is 5.38. The number of benzene rings is 2.